The summed E-state index contributed by atoms with van der Waals surface area (Å²) in [6.07, 6.45) is 6.42. The molecule has 0 radical (unpaired) electrons. The van der Waals surface area contributed by atoms with Crippen molar-refractivity contribution in [1.29, 1.82) is 0 Å². The van der Waals surface area contributed by atoms with E-state index in [1.807, 2.05) is 0 Å². The molecule has 1 saturated carbocycles. The topological polar surface area (TPSA) is 35.5 Å². The summed E-state index contributed by atoms with van der Waals surface area (Å²) >= 11 is 0. The molecule has 3 heteroatoms. The number of piperidine rings is 1. The molecule has 2 unspecified atom stereocenters. The third kappa shape index (κ3) is 4.55. The zero-order chi connectivity index (χ0) is 15.2. The summed E-state index contributed by atoms with van der Waals surface area (Å²) in [4.78, 5) is 2.65. The molecular weight excluding hydrogens is 272 g/mol. The Morgan fingerprint density at radius 2 is 1.91 bits per heavy atom. The molecule has 0 aromatic heterocycles. The SMILES string of the molecule is OCCC1CC(NCc2ccccc2)CN(CC2CCC2)C1. The molecule has 0 spiro atoms. The van der Waals surface area contributed by atoms with E-state index < -0.39 is 0 Å². The van der Waals surface area contributed by atoms with Crippen LogP contribution in [-0.2, 0) is 6.54 Å². The van der Waals surface area contributed by atoms with E-state index in [-0.39, 0.29) is 0 Å². The normalized spacial score (nSPS) is 26.8. The Labute approximate surface area is 134 Å². The van der Waals surface area contributed by atoms with Crippen molar-refractivity contribution in [3.8, 4) is 0 Å². The molecule has 3 rings (SSSR count). The second-order valence-electron chi connectivity index (χ2n) is 7.19. The highest BCUT2D eigenvalue weighted by atomic mass is 16.3. The molecule has 0 bridgehead atoms. The van der Waals surface area contributed by atoms with E-state index in [1.54, 1.807) is 0 Å². The minimum absolute atomic E-state index is 0.327. The first-order valence-corrected chi connectivity index (χ1v) is 8.94. The van der Waals surface area contributed by atoms with Gasteiger partial charge in [0.25, 0.3) is 0 Å². The molecule has 1 aromatic carbocycles. The number of nitrogens with one attached hydrogen (secondary N) is 1. The van der Waals surface area contributed by atoms with E-state index in [0.29, 0.717) is 18.6 Å². The Balaban J connectivity index is 1.51. The van der Waals surface area contributed by atoms with E-state index in [0.717, 1.165) is 18.9 Å². The number of nitrogens with zero attached hydrogens (tertiary/aromatic N) is 1. The first-order chi connectivity index (χ1) is 10.8. The lowest BCUT2D eigenvalue weighted by atomic mass is 9.83. The molecule has 1 saturated heterocycles. The molecule has 2 N–H and O–H groups in total. The number of benzene rings is 1. The number of likely N-dealkylation sites (tertiary alicyclic amines) is 1. The van der Waals surface area contributed by atoms with Gasteiger partial charge in [-0.05, 0) is 43.1 Å². The van der Waals surface area contributed by atoms with Gasteiger partial charge in [0.1, 0.15) is 0 Å². The minimum atomic E-state index is 0.327. The van der Waals surface area contributed by atoms with Crippen LogP contribution in [0.25, 0.3) is 0 Å². The highest BCUT2D eigenvalue weighted by molar-refractivity contribution is 5.14. The molecule has 22 heavy (non-hydrogen) atoms. The third-order valence-electron chi connectivity index (χ3n) is 5.33. The van der Waals surface area contributed by atoms with Gasteiger partial charge in [-0.15, -0.1) is 0 Å². The van der Waals surface area contributed by atoms with Gasteiger partial charge in [-0.25, -0.2) is 0 Å². The summed E-state index contributed by atoms with van der Waals surface area (Å²) in [5.41, 5.74) is 1.36. The Kier molecular flexibility index (Phi) is 5.88. The van der Waals surface area contributed by atoms with E-state index >= 15 is 0 Å². The second kappa shape index (κ2) is 8.09. The molecule has 2 fully saturated rings. The lowest BCUT2D eigenvalue weighted by Gasteiger charge is -2.41. The second-order valence-corrected chi connectivity index (χ2v) is 7.19. The van der Waals surface area contributed by atoms with Crippen LogP contribution in [0.5, 0.6) is 0 Å². The van der Waals surface area contributed by atoms with Gasteiger partial charge in [0.15, 0.2) is 0 Å². The van der Waals surface area contributed by atoms with Crippen LogP contribution >= 0.6 is 0 Å². The van der Waals surface area contributed by atoms with Crippen LogP contribution < -0.4 is 5.32 Å². The van der Waals surface area contributed by atoms with Gasteiger partial charge in [-0.3, -0.25) is 0 Å². The van der Waals surface area contributed by atoms with Crippen molar-refractivity contribution in [2.75, 3.05) is 26.2 Å². The zero-order valence-corrected chi connectivity index (χ0v) is 13.6. The fourth-order valence-corrected chi connectivity index (χ4v) is 3.89. The quantitative estimate of drug-likeness (QED) is 0.813. The summed E-state index contributed by atoms with van der Waals surface area (Å²) in [7, 11) is 0. The van der Waals surface area contributed by atoms with Crippen LogP contribution in [0, 0.1) is 11.8 Å². The molecule has 1 aromatic rings. The first kappa shape index (κ1) is 16.0. The summed E-state index contributed by atoms with van der Waals surface area (Å²) in [5.74, 6) is 1.58. The summed E-state index contributed by atoms with van der Waals surface area (Å²) in [6, 6.07) is 11.2. The Bertz CT molecular complexity index is 432. The van der Waals surface area contributed by atoms with E-state index in [2.05, 4.69) is 40.5 Å². The van der Waals surface area contributed by atoms with Gasteiger partial charge in [0.2, 0.25) is 0 Å². The van der Waals surface area contributed by atoms with Gasteiger partial charge in [-0.1, -0.05) is 36.8 Å². The molecule has 1 aliphatic carbocycles. The highest BCUT2D eigenvalue weighted by Gasteiger charge is 2.29. The van der Waals surface area contributed by atoms with E-state index in [1.165, 1.54) is 50.9 Å². The van der Waals surface area contributed by atoms with Crippen LogP contribution in [-0.4, -0.2) is 42.3 Å². The largest absolute Gasteiger partial charge is 0.396 e. The molecule has 0 amide bonds. The van der Waals surface area contributed by atoms with Crippen LogP contribution in [0.1, 0.15) is 37.7 Å². The Morgan fingerprint density at radius 3 is 2.59 bits per heavy atom. The molecule has 3 nitrogen and oxygen atoms in total. The lowest BCUT2D eigenvalue weighted by molar-refractivity contribution is 0.0897. The third-order valence-corrected chi connectivity index (χ3v) is 5.33. The van der Waals surface area contributed by atoms with Crippen LogP contribution in [0.3, 0.4) is 0 Å². The smallest absolute Gasteiger partial charge is 0.0434 e. The van der Waals surface area contributed by atoms with E-state index in [4.69, 9.17) is 0 Å². The maximum absolute atomic E-state index is 9.30. The maximum atomic E-state index is 9.30. The van der Waals surface area contributed by atoms with Gasteiger partial charge >= 0.3 is 0 Å². The maximum Gasteiger partial charge on any atom is 0.0434 e. The molecule has 1 aliphatic heterocycles. The highest BCUT2D eigenvalue weighted by Crippen LogP contribution is 2.29. The minimum Gasteiger partial charge on any atom is -0.396 e. The number of aliphatic hydroxyl groups excluding tert-OH is 1. The van der Waals surface area contributed by atoms with Gasteiger partial charge < -0.3 is 15.3 Å². The lowest BCUT2D eigenvalue weighted by Crippen LogP contribution is -2.50. The fraction of sp³-hybridized carbons (Fsp3) is 0.684. The molecule has 1 heterocycles. The van der Waals surface area contributed by atoms with E-state index in [9.17, 15) is 5.11 Å². The average molecular weight is 302 g/mol. The Hall–Kier alpha value is -0.900. The van der Waals surface area contributed by atoms with Crippen molar-refractivity contribution < 1.29 is 5.11 Å². The van der Waals surface area contributed by atoms with Crippen molar-refractivity contribution in [1.82, 2.24) is 10.2 Å². The van der Waals surface area contributed by atoms with Crippen LogP contribution in [0.2, 0.25) is 0 Å². The standard InChI is InChI=1S/C19H30N2O/c22-10-9-18-11-19(20-12-16-5-2-1-3-6-16)15-21(14-18)13-17-7-4-8-17/h1-3,5-6,17-20,22H,4,7-15H2. The number of rotatable bonds is 7. The van der Waals surface area contributed by atoms with Gasteiger partial charge in [-0.2, -0.15) is 0 Å². The number of hydrogen-bond donors (Lipinski definition) is 2. The predicted molar refractivity (Wildman–Crippen MR) is 90.7 cm³/mol. The fourth-order valence-electron chi connectivity index (χ4n) is 3.89. The van der Waals surface area contributed by atoms with Crippen molar-refractivity contribution in [2.24, 2.45) is 11.8 Å². The van der Waals surface area contributed by atoms with Crippen LogP contribution in [0.15, 0.2) is 30.3 Å². The van der Waals surface area contributed by atoms with Crippen molar-refractivity contribution in [2.45, 2.75) is 44.7 Å². The first-order valence-electron chi connectivity index (χ1n) is 8.94. The average Bonchev–Trinajstić information content (AvgIpc) is 2.50. The summed E-state index contributed by atoms with van der Waals surface area (Å²) in [6.45, 7) is 4.90. The molecule has 122 valence electrons. The summed E-state index contributed by atoms with van der Waals surface area (Å²) in [5, 5.41) is 13.0. The molecule has 2 aliphatic rings. The number of aliphatic hydroxyl groups is 1. The monoisotopic (exact) mass is 302 g/mol. The zero-order valence-electron chi connectivity index (χ0n) is 13.6. The predicted octanol–water partition coefficient (Wildman–Crippen LogP) is 2.65. The molecular formula is C19H30N2O. The van der Waals surface area contributed by atoms with Crippen molar-refractivity contribution in [3.63, 3.8) is 0 Å². The summed E-state index contributed by atoms with van der Waals surface area (Å²) < 4.78 is 0. The van der Waals surface area contributed by atoms with Crippen molar-refractivity contribution in [3.05, 3.63) is 35.9 Å². The molecule has 2 atom stereocenters. The van der Waals surface area contributed by atoms with Gasteiger partial charge in [0.05, 0.1) is 0 Å². The number of hydrogen-bond acceptors (Lipinski definition) is 3. The van der Waals surface area contributed by atoms with Crippen molar-refractivity contribution >= 4 is 0 Å². The van der Waals surface area contributed by atoms with Crippen LogP contribution in [0.4, 0.5) is 0 Å². The Morgan fingerprint density at radius 1 is 1.09 bits per heavy atom. The van der Waals surface area contributed by atoms with Gasteiger partial charge in [0, 0.05) is 38.8 Å².